The van der Waals surface area contributed by atoms with Gasteiger partial charge in [-0.2, -0.15) is 5.10 Å². The molecule has 0 saturated heterocycles. The zero-order valence-electron chi connectivity index (χ0n) is 14.2. The summed E-state index contributed by atoms with van der Waals surface area (Å²) in [5.41, 5.74) is 3.48. The van der Waals surface area contributed by atoms with Crippen LogP contribution in [0.2, 0.25) is 0 Å². The Morgan fingerprint density at radius 1 is 1.31 bits per heavy atom. The van der Waals surface area contributed by atoms with E-state index in [2.05, 4.69) is 16.7 Å². The highest BCUT2D eigenvalue weighted by molar-refractivity contribution is 6.11. The molecule has 1 aromatic carbocycles. The Kier molecular flexibility index (Phi) is 2.70. The molecule has 1 aliphatic heterocycles. The lowest BCUT2D eigenvalue weighted by molar-refractivity contribution is 0.369. The molecule has 0 bridgehead atoms. The van der Waals surface area contributed by atoms with Crippen molar-refractivity contribution in [2.45, 2.75) is 0 Å². The van der Waals surface area contributed by atoms with E-state index in [0.717, 1.165) is 5.56 Å². The first-order valence-corrected chi connectivity index (χ1v) is 8.03. The quantitative estimate of drug-likeness (QED) is 0.567. The van der Waals surface area contributed by atoms with Gasteiger partial charge in [-0.1, -0.05) is 6.58 Å². The van der Waals surface area contributed by atoms with E-state index in [9.17, 15) is 9.90 Å². The molecule has 3 aromatic heterocycles. The van der Waals surface area contributed by atoms with Crippen LogP contribution in [0.15, 0.2) is 36.0 Å². The van der Waals surface area contributed by atoms with Gasteiger partial charge in [0.25, 0.3) is 0 Å². The summed E-state index contributed by atoms with van der Waals surface area (Å²) in [6.45, 7) is 4.12. The number of benzene rings is 1. The molecule has 26 heavy (non-hydrogen) atoms. The smallest absolute Gasteiger partial charge is 0.333 e. The number of aromatic nitrogens is 5. The first-order valence-electron chi connectivity index (χ1n) is 8.03. The van der Waals surface area contributed by atoms with Crippen LogP contribution in [-0.2, 0) is 14.1 Å². The van der Waals surface area contributed by atoms with Crippen LogP contribution in [0.1, 0.15) is 0 Å². The number of aromatic hydroxyl groups is 1. The zero-order valence-corrected chi connectivity index (χ0v) is 14.2. The van der Waals surface area contributed by atoms with Crippen LogP contribution in [0.25, 0.3) is 38.8 Å². The molecule has 4 heterocycles. The van der Waals surface area contributed by atoms with Gasteiger partial charge in [-0.25, -0.2) is 4.79 Å². The number of phenols is 1. The number of hydrogen-bond donors (Lipinski definition) is 1. The summed E-state index contributed by atoms with van der Waals surface area (Å²) in [7, 11) is 3.50. The van der Waals surface area contributed by atoms with Gasteiger partial charge in [0.15, 0.2) is 0 Å². The molecule has 0 spiro atoms. The fraction of sp³-hybridized carbons (Fsp3) is 0.167. The molecule has 130 valence electrons. The van der Waals surface area contributed by atoms with E-state index in [1.54, 1.807) is 52.6 Å². The molecule has 0 radical (unpaired) electrons. The Morgan fingerprint density at radius 2 is 2.12 bits per heavy atom. The number of pyridine rings is 1. The maximum Gasteiger partial charge on any atom is 0.333 e. The molecule has 0 fully saturated rings. The van der Waals surface area contributed by atoms with Crippen molar-refractivity contribution >= 4 is 27.6 Å². The van der Waals surface area contributed by atoms with Gasteiger partial charge < -0.3 is 9.84 Å². The predicted octanol–water partition coefficient (Wildman–Crippen LogP) is 1.86. The molecule has 1 aliphatic rings. The summed E-state index contributed by atoms with van der Waals surface area (Å²) in [4.78, 5) is 17.1. The van der Waals surface area contributed by atoms with E-state index in [-0.39, 0.29) is 18.0 Å². The van der Waals surface area contributed by atoms with Gasteiger partial charge >= 0.3 is 5.69 Å². The lowest BCUT2D eigenvalue weighted by Gasteiger charge is -2.13. The van der Waals surface area contributed by atoms with Gasteiger partial charge in [0.1, 0.15) is 18.1 Å². The summed E-state index contributed by atoms with van der Waals surface area (Å²) >= 11 is 0. The van der Waals surface area contributed by atoms with Crippen molar-refractivity contribution in [2.75, 3.05) is 6.61 Å². The van der Waals surface area contributed by atoms with Gasteiger partial charge in [0.2, 0.25) is 0 Å². The molecule has 5 rings (SSSR count). The Labute approximate surface area is 147 Å². The predicted molar refractivity (Wildman–Crippen MR) is 97.2 cm³/mol. The van der Waals surface area contributed by atoms with E-state index in [1.807, 2.05) is 0 Å². The summed E-state index contributed by atoms with van der Waals surface area (Å²) in [5, 5.41) is 15.5. The van der Waals surface area contributed by atoms with Crippen LogP contribution in [0, 0.1) is 0 Å². The second kappa shape index (κ2) is 4.75. The molecule has 0 amide bonds. The third kappa shape index (κ3) is 1.70. The highest BCUT2D eigenvalue weighted by atomic mass is 16.5. The molecular formula is C18H15N5O3. The molecule has 0 aliphatic carbocycles. The van der Waals surface area contributed by atoms with Crippen molar-refractivity contribution in [2.24, 2.45) is 14.1 Å². The molecule has 8 nitrogen and oxygen atoms in total. The lowest BCUT2D eigenvalue weighted by atomic mass is 10.0. The third-order valence-electron chi connectivity index (χ3n) is 4.80. The van der Waals surface area contributed by atoms with E-state index >= 15 is 0 Å². The molecule has 4 aromatic rings. The first kappa shape index (κ1) is 14.8. The molecule has 0 atom stereocenters. The van der Waals surface area contributed by atoms with Crippen LogP contribution in [0.3, 0.4) is 0 Å². The Bertz CT molecular complexity index is 1310. The summed E-state index contributed by atoms with van der Waals surface area (Å²) < 4.78 is 10.7. The van der Waals surface area contributed by atoms with Crippen molar-refractivity contribution in [3.8, 4) is 22.6 Å². The van der Waals surface area contributed by atoms with Crippen molar-refractivity contribution in [1.29, 1.82) is 0 Å². The SMILES string of the molecule is C=C1COc2c(-c3cnn(C)c3)c(O)cc3ncc4c(c23)n1c(=O)n4C. The Balaban J connectivity index is 2.05. The molecule has 1 N–H and O–H groups in total. The van der Waals surface area contributed by atoms with Gasteiger partial charge in [0, 0.05) is 31.9 Å². The topological polar surface area (TPSA) is 87.1 Å². The fourth-order valence-corrected chi connectivity index (χ4v) is 3.59. The largest absolute Gasteiger partial charge is 0.507 e. The van der Waals surface area contributed by atoms with Crippen LogP contribution < -0.4 is 10.4 Å². The van der Waals surface area contributed by atoms with Gasteiger partial charge in [-0.05, 0) is 0 Å². The standard InChI is InChI=1S/C18H15N5O3/c1-9-8-26-17-14(10-5-20-21(2)7-10)13(24)4-11-15(17)16-12(6-19-11)22(3)18(25)23(9)16/h4-7,24H,1,8H2,2-3H3. The van der Waals surface area contributed by atoms with Gasteiger partial charge in [-0.3, -0.25) is 18.8 Å². The Morgan fingerprint density at radius 3 is 2.85 bits per heavy atom. The summed E-state index contributed by atoms with van der Waals surface area (Å²) in [5.74, 6) is 0.522. The summed E-state index contributed by atoms with van der Waals surface area (Å²) in [6, 6.07) is 1.58. The minimum atomic E-state index is -0.202. The molecular weight excluding hydrogens is 334 g/mol. The van der Waals surface area contributed by atoms with Gasteiger partial charge in [0.05, 0.1) is 45.6 Å². The Hall–Kier alpha value is -3.55. The van der Waals surface area contributed by atoms with E-state index in [4.69, 9.17) is 4.74 Å². The first-order chi connectivity index (χ1) is 12.5. The zero-order chi connectivity index (χ0) is 18.2. The van der Waals surface area contributed by atoms with Crippen LogP contribution >= 0.6 is 0 Å². The van der Waals surface area contributed by atoms with Crippen LogP contribution in [0.5, 0.6) is 11.5 Å². The number of phenolic OH excluding ortho intramolecular Hbond substituents is 1. The highest BCUT2D eigenvalue weighted by Crippen LogP contribution is 2.46. The number of nitrogens with zero attached hydrogens (tertiary/aromatic N) is 5. The monoisotopic (exact) mass is 349 g/mol. The molecule has 0 unspecified atom stereocenters. The summed E-state index contributed by atoms with van der Waals surface area (Å²) in [6.07, 6.45) is 5.08. The lowest BCUT2D eigenvalue weighted by Crippen LogP contribution is -2.22. The van der Waals surface area contributed by atoms with Crippen molar-refractivity contribution in [1.82, 2.24) is 23.9 Å². The van der Waals surface area contributed by atoms with Gasteiger partial charge in [-0.15, -0.1) is 0 Å². The average Bonchev–Trinajstić information content (AvgIpc) is 3.09. The van der Waals surface area contributed by atoms with E-state index in [0.29, 0.717) is 38.9 Å². The minimum Gasteiger partial charge on any atom is -0.507 e. The van der Waals surface area contributed by atoms with Crippen molar-refractivity contribution in [3.63, 3.8) is 0 Å². The third-order valence-corrected chi connectivity index (χ3v) is 4.80. The van der Waals surface area contributed by atoms with E-state index < -0.39 is 0 Å². The van der Waals surface area contributed by atoms with Crippen molar-refractivity contribution in [3.05, 3.63) is 41.7 Å². The highest BCUT2D eigenvalue weighted by Gasteiger charge is 2.27. The second-order valence-electron chi connectivity index (χ2n) is 6.42. The number of hydrogen-bond acceptors (Lipinski definition) is 5. The number of rotatable bonds is 1. The molecule has 0 saturated carbocycles. The van der Waals surface area contributed by atoms with Crippen molar-refractivity contribution < 1.29 is 9.84 Å². The number of ether oxygens (including phenoxy) is 1. The second-order valence-corrected chi connectivity index (χ2v) is 6.42. The fourth-order valence-electron chi connectivity index (χ4n) is 3.59. The molecule has 8 heteroatoms. The number of imidazole rings is 1. The minimum absolute atomic E-state index is 0.0460. The van der Waals surface area contributed by atoms with E-state index in [1.165, 1.54) is 0 Å². The maximum atomic E-state index is 12.7. The maximum absolute atomic E-state index is 12.7. The van der Waals surface area contributed by atoms with Crippen LogP contribution in [0.4, 0.5) is 0 Å². The van der Waals surface area contributed by atoms with Crippen LogP contribution in [-0.4, -0.2) is 35.6 Å². The number of aryl methyl sites for hydroxylation is 2. The average molecular weight is 349 g/mol. The normalized spacial score (nSPS) is 13.5.